The highest BCUT2D eigenvalue weighted by atomic mass is 32.2. The van der Waals surface area contributed by atoms with Gasteiger partial charge in [-0.2, -0.15) is 0 Å². The zero-order valence-electron chi connectivity index (χ0n) is 16.8. The molecule has 3 aromatic rings. The van der Waals surface area contributed by atoms with Gasteiger partial charge >= 0.3 is 0 Å². The zero-order chi connectivity index (χ0) is 20.9. The van der Waals surface area contributed by atoms with Gasteiger partial charge in [0.25, 0.3) is 5.56 Å². The van der Waals surface area contributed by atoms with Gasteiger partial charge in [0.2, 0.25) is 5.91 Å². The van der Waals surface area contributed by atoms with E-state index in [-0.39, 0.29) is 23.9 Å². The highest BCUT2D eigenvalue weighted by Gasteiger charge is 2.31. The molecule has 31 heavy (non-hydrogen) atoms. The van der Waals surface area contributed by atoms with E-state index in [1.807, 2.05) is 24.3 Å². The Labute approximate surface area is 187 Å². The number of nitrogens with one attached hydrogen (secondary N) is 1. The van der Waals surface area contributed by atoms with Crippen LogP contribution in [0.4, 0.5) is 5.69 Å². The molecule has 1 atom stereocenters. The number of imidazole rings is 1. The summed E-state index contributed by atoms with van der Waals surface area (Å²) in [5.41, 5.74) is 4.49. The van der Waals surface area contributed by atoms with Crippen molar-refractivity contribution in [1.82, 2.24) is 19.1 Å². The maximum atomic E-state index is 12.9. The van der Waals surface area contributed by atoms with Crippen molar-refractivity contribution in [3.05, 3.63) is 52.1 Å². The van der Waals surface area contributed by atoms with Crippen molar-refractivity contribution in [2.24, 2.45) is 0 Å². The van der Waals surface area contributed by atoms with Crippen molar-refractivity contribution < 1.29 is 4.79 Å². The molecule has 1 unspecified atom stereocenters. The first-order valence-electron chi connectivity index (χ1n) is 10.5. The highest BCUT2D eigenvalue weighted by molar-refractivity contribution is 7.99. The van der Waals surface area contributed by atoms with Crippen molar-refractivity contribution in [3.63, 3.8) is 0 Å². The first-order chi connectivity index (χ1) is 15.2. The lowest BCUT2D eigenvalue weighted by atomic mass is 10.1. The summed E-state index contributed by atoms with van der Waals surface area (Å²) in [7, 11) is 0. The normalized spacial score (nSPS) is 18.6. The summed E-state index contributed by atoms with van der Waals surface area (Å²) in [5.74, 6) is 1.69. The van der Waals surface area contributed by atoms with Crippen molar-refractivity contribution in [3.8, 4) is 11.3 Å². The lowest BCUT2D eigenvalue weighted by molar-refractivity contribution is -0.116. The van der Waals surface area contributed by atoms with Crippen molar-refractivity contribution in [1.29, 1.82) is 0 Å². The van der Waals surface area contributed by atoms with Gasteiger partial charge in [-0.3, -0.25) is 14.2 Å². The summed E-state index contributed by atoms with van der Waals surface area (Å²) in [5, 5.41) is 4.82. The van der Waals surface area contributed by atoms with Gasteiger partial charge in [0.15, 0.2) is 10.3 Å². The SMILES string of the molecule is O=C(CC1CSc2nc3c(c(=O)n21)CCC3)Nc1cccc(-c2cn3c(n2)SCC3)c1. The molecule has 7 nitrogen and oxygen atoms in total. The third kappa shape index (κ3) is 3.40. The van der Waals surface area contributed by atoms with E-state index < -0.39 is 0 Å². The van der Waals surface area contributed by atoms with Gasteiger partial charge in [0.1, 0.15) is 0 Å². The van der Waals surface area contributed by atoms with Gasteiger partial charge in [0.05, 0.1) is 17.4 Å². The number of amides is 1. The Morgan fingerprint density at radius 1 is 1.19 bits per heavy atom. The lowest BCUT2D eigenvalue weighted by Crippen LogP contribution is -2.30. The maximum absolute atomic E-state index is 12.9. The summed E-state index contributed by atoms with van der Waals surface area (Å²) in [6.45, 7) is 0.988. The molecular weight excluding hydrogens is 430 g/mol. The summed E-state index contributed by atoms with van der Waals surface area (Å²) in [6, 6.07) is 7.63. The number of hydrogen-bond acceptors (Lipinski definition) is 6. The number of hydrogen-bond donors (Lipinski definition) is 1. The third-order valence-electron chi connectivity index (χ3n) is 6.04. The van der Waals surface area contributed by atoms with Crippen LogP contribution >= 0.6 is 23.5 Å². The van der Waals surface area contributed by atoms with E-state index in [9.17, 15) is 9.59 Å². The van der Waals surface area contributed by atoms with E-state index in [2.05, 4.69) is 21.1 Å². The van der Waals surface area contributed by atoms with Crippen LogP contribution in [0.3, 0.4) is 0 Å². The predicted molar refractivity (Wildman–Crippen MR) is 122 cm³/mol. The Morgan fingerprint density at radius 3 is 3.03 bits per heavy atom. The molecule has 2 aliphatic heterocycles. The minimum Gasteiger partial charge on any atom is -0.326 e. The molecule has 0 saturated heterocycles. The molecule has 0 radical (unpaired) electrons. The second-order valence-electron chi connectivity index (χ2n) is 8.10. The van der Waals surface area contributed by atoms with E-state index in [1.54, 1.807) is 28.1 Å². The standard InChI is InChI=1S/C22H21N5O2S2/c28-19(10-15-12-31-22-24-17-6-2-5-16(17)20(29)27(15)22)23-14-4-1-3-13(9-14)18-11-26-7-8-30-21(26)25-18/h1,3-4,9,11,15H,2,5-8,10,12H2,(H,23,28). The summed E-state index contributed by atoms with van der Waals surface area (Å²) < 4.78 is 3.91. The Morgan fingerprint density at radius 2 is 2.13 bits per heavy atom. The molecule has 0 bridgehead atoms. The second-order valence-corrected chi connectivity index (χ2v) is 10.1. The molecule has 0 fully saturated rings. The quantitative estimate of drug-likeness (QED) is 0.613. The van der Waals surface area contributed by atoms with E-state index in [1.165, 1.54) is 0 Å². The molecule has 1 N–H and O–H groups in total. The Balaban J connectivity index is 1.19. The van der Waals surface area contributed by atoms with E-state index in [0.29, 0.717) is 5.75 Å². The Kier molecular flexibility index (Phi) is 4.68. The molecule has 1 aromatic carbocycles. The van der Waals surface area contributed by atoms with Gasteiger partial charge in [-0.15, -0.1) is 0 Å². The minimum atomic E-state index is -0.151. The number of aromatic nitrogens is 4. The zero-order valence-corrected chi connectivity index (χ0v) is 18.5. The molecule has 6 rings (SSSR count). The third-order valence-corrected chi connectivity index (χ3v) is 8.11. The summed E-state index contributed by atoms with van der Waals surface area (Å²) in [6.07, 6.45) is 5.01. The number of carbonyl (C=O) groups is 1. The van der Waals surface area contributed by atoms with E-state index >= 15 is 0 Å². The topological polar surface area (TPSA) is 81.8 Å². The molecule has 0 spiro atoms. The fraction of sp³-hybridized carbons (Fsp3) is 0.364. The van der Waals surface area contributed by atoms with Crippen LogP contribution < -0.4 is 10.9 Å². The number of thioether (sulfide) groups is 2. The van der Waals surface area contributed by atoms with Crippen LogP contribution in [0.2, 0.25) is 0 Å². The van der Waals surface area contributed by atoms with E-state index in [0.717, 1.165) is 70.1 Å². The first kappa shape index (κ1) is 19.2. The smallest absolute Gasteiger partial charge is 0.257 e. The van der Waals surface area contributed by atoms with Crippen molar-refractivity contribution in [2.75, 3.05) is 16.8 Å². The molecule has 3 aliphatic rings. The van der Waals surface area contributed by atoms with Gasteiger partial charge in [0, 0.05) is 47.5 Å². The van der Waals surface area contributed by atoms with Gasteiger partial charge in [-0.05, 0) is 31.4 Å². The molecule has 4 heterocycles. The summed E-state index contributed by atoms with van der Waals surface area (Å²) in [4.78, 5) is 35.1. The number of anilines is 1. The van der Waals surface area contributed by atoms with Gasteiger partial charge in [-0.25, -0.2) is 9.97 Å². The van der Waals surface area contributed by atoms with Crippen LogP contribution in [0.15, 0.2) is 45.6 Å². The fourth-order valence-electron chi connectivity index (χ4n) is 4.53. The molecule has 0 saturated carbocycles. The molecule has 158 valence electrons. The number of fused-ring (bicyclic) bond motifs is 3. The van der Waals surface area contributed by atoms with Crippen LogP contribution in [0, 0.1) is 0 Å². The van der Waals surface area contributed by atoms with Crippen LogP contribution in [0.1, 0.15) is 30.1 Å². The number of carbonyl (C=O) groups excluding carboxylic acids is 1. The second kappa shape index (κ2) is 7.56. The van der Waals surface area contributed by atoms with E-state index in [4.69, 9.17) is 4.98 Å². The minimum absolute atomic E-state index is 0.0491. The highest BCUT2D eigenvalue weighted by Crippen LogP contribution is 2.34. The lowest BCUT2D eigenvalue weighted by Gasteiger charge is -2.14. The van der Waals surface area contributed by atoms with Crippen LogP contribution in [0.25, 0.3) is 11.3 Å². The summed E-state index contributed by atoms with van der Waals surface area (Å²) >= 11 is 3.34. The molecule has 9 heteroatoms. The fourth-order valence-corrected chi connectivity index (χ4v) is 6.63. The largest absolute Gasteiger partial charge is 0.326 e. The first-order valence-corrected chi connectivity index (χ1v) is 12.5. The Bertz CT molecular complexity index is 1240. The molecular formula is C22H21N5O2S2. The monoisotopic (exact) mass is 451 g/mol. The average Bonchev–Trinajstić information content (AvgIpc) is 3.52. The Hall–Kier alpha value is -2.52. The number of benzene rings is 1. The number of rotatable bonds is 4. The van der Waals surface area contributed by atoms with Crippen LogP contribution in [0.5, 0.6) is 0 Å². The van der Waals surface area contributed by atoms with Crippen molar-refractivity contribution >= 4 is 35.1 Å². The van der Waals surface area contributed by atoms with Gasteiger partial charge in [-0.1, -0.05) is 35.7 Å². The maximum Gasteiger partial charge on any atom is 0.257 e. The predicted octanol–water partition coefficient (Wildman–Crippen LogP) is 3.38. The molecule has 1 aliphatic carbocycles. The van der Waals surface area contributed by atoms with Gasteiger partial charge < -0.3 is 9.88 Å². The van der Waals surface area contributed by atoms with Crippen molar-refractivity contribution in [2.45, 2.75) is 48.6 Å². The average molecular weight is 452 g/mol. The molecule has 1 amide bonds. The van der Waals surface area contributed by atoms with Crippen LogP contribution in [-0.4, -0.2) is 36.5 Å². The molecule has 2 aromatic heterocycles. The number of aryl methyl sites for hydroxylation is 2. The van der Waals surface area contributed by atoms with Crippen LogP contribution in [-0.2, 0) is 24.2 Å². The number of nitrogens with zero attached hydrogens (tertiary/aromatic N) is 4.